The molecule has 0 saturated carbocycles. The molecule has 1 unspecified atom stereocenters. The second-order valence-corrected chi connectivity index (χ2v) is 11.5. The molecule has 0 bridgehead atoms. The largest absolute Gasteiger partial charge is 0.360 e. The first-order valence-electron chi connectivity index (χ1n) is 12.4. The summed E-state index contributed by atoms with van der Waals surface area (Å²) in [5.74, 6) is -0.190. The van der Waals surface area contributed by atoms with Gasteiger partial charge in [0.15, 0.2) is 5.76 Å². The zero-order valence-corrected chi connectivity index (χ0v) is 21.1. The summed E-state index contributed by atoms with van der Waals surface area (Å²) in [4.78, 5) is 15.6. The lowest BCUT2D eigenvalue weighted by atomic mass is 9.98. The van der Waals surface area contributed by atoms with Gasteiger partial charge in [0, 0.05) is 26.2 Å². The molecule has 2 aliphatic heterocycles. The lowest BCUT2D eigenvalue weighted by Gasteiger charge is -2.31. The fourth-order valence-electron chi connectivity index (χ4n) is 5.07. The highest BCUT2D eigenvalue weighted by Gasteiger charge is 2.36. The van der Waals surface area contributed by atoms with Crippen molar-refractivity contribution in [2.24, 2.45) is 5.92 Å². The highest BCUT2D eigenvalue weighted by atomic mass is 32.2. The second-order valence-electron chi connectivity index (χ2n) is 9.58. The Kier molecular flexibility index (Phi) is 8.06. The van der Waals surface area contributed by atoms with Crippen molar-refractivity contribution in [3.63, 3.8) is 0 Å². The van der Waals surface area contributed by atoms with Crippen LogP contribution in [0, 0.1) is 19.8 Å². The summed E-state index contributed by atoms with van der Waals surface area (Å²) in [5.41, 5.74) is 2.68. The van der Waals surface area contributed by atoms with E-state index in [0.29, 0.717) is 31.6 Å². The minimum atomic E-state index is -3.74. The number of hydrogen-bond acceptors (Lipinski definition) is 6. The van der Waals surface area contributed by atoms with Crippen molar-refractivity contribution in [3.05, 3.63) is 46.8 Å². The van der Waals surface area contributed by atoms with E-state index in [4.69, 9.17) is 4.52 Å². The summed E-state index contributed by atoms with van der Waals surface area (Å²) in [6, 6.07) is 8.39. The lowest BCUT2D eigenvalue weighted by Crippen LogP contribution is -2.45. The first-order valence-corrected chi connectivity index (χ1v) is 13.8. The number of piperidine rings is 1. The van der Waals surface area contributed by atoms with E-state index in [0.717, 1.165) is 25.2 Å². The molecule has 1 atom stereocenters. The van der Waals surface area contributed by atoms with Crippen LogP contribution in [0.4, 0.5) is 0 Å². The number of carbonyl (C=O) groups is 1. The van der Waals surface area contributed by atoms with Crippen molar-refractivity contribution in [2.45, 2.75) is 70.4 Å². The molecule has 1 aromatic heterocycles. The van der Waals surface area contributed by atoms with Gasteiger partial charge in [0.05, 0.1) is 5.92 Å². The Hall–Kier alpha value is -2.23. The van der Waals surface area contributed by atoms with E-state index in [1.807, 2.05) is 12.1 Å². The Labute approximate surface area is 202 Å². The molecule has 4 rings (SSSR count). The Bertz CT molecular complexity index is 1070. The second kappa shape index (κ2) is 11.0. The number of nitrogens with one attached hydrogen (secondary N) is 1. The number of sulfonamides is 1. The van der Waals surface area contributed by atoms with Crippen LogP contribution in [0.15, 0.2) is 33.7 Å². The van der Waals surface area contributed by atoms with E-state index in [-0.39, 0.29) is 29.0 Å². The molecule has 1 aromatic carbocycles. The van der Waals surface area contributed by atoms with Gasteiger partial charge >= 0.3 is 0 Å². The predicted molar refractivity (Wildman–Crippen MR) is 129 cm³/mol. The molecule has 2 fully saturated rings. The fourth-order valence-corrected chi connectivity index (χ4v) is 6.89. The maximum atomic E-state index is 13.2. The van der Waals surface area contributed by atoms with Crippen molar-refractivity contribution in [2.75, 3.05) is 26.2 Å². The van der Waals surface area contributed by atoms with Crippen molar-refractivity contribution in [1.82, 2.24) is 19.7 Å². The highest BCUT2D eigenvalue weighted by molar-refractivity contribution is 7.89. The van der Waals surface area contributed by atoms with Crippen LogP contribution in [0.1, 0.15) is 61.1 Å². The van der Waals surface area contributed by atoms with Gasteiger partial charge in [-0.25, -0.2) is 8.42 Å². The van der Waals surface area contributed by atoms with E-state index in [1.165, 1.54) is 35.6 Å². The van der Waals surface area contributed by atoms with E-state index in [9.17, 15) is 13.2 Å². The third-order valence-electron chi connectivity index (χ3n) is 6.88. The Morgan fingerprint density at radius 3 is 2.53 bits per heavy atom. The smallest absolute Gasteiger partial charge is 0.248 e. The predicted octanol–water partition coefficient (Wildman–Crippen LogP) is 3.38. The molecule has 186 valence electrons. The highest BCUT2D eigenvalue weighted by Crippen LogP contribution is 2.28. The van der Waals surface area contributed by atoms with E-state index < -0.39 is 10.0 Å². The Morgan fingerprint density at radius 1 is 1.09 bits per heavy atom. The first-order chi connectivity index (χ1) is 16.3. The molecule has 9 heteroatoms. The van der Waals surface area contributed by atoms with Gasteiger partial charge in [-0.2, -0.15) is 4.31 Å². The molecule has 34 heavy (non-hydrogen) atoms. The van der Waals surface area contributed by atoms with Crippen LogP contribution in [-0.2, 0) is 27.9 Å². The van der Waals surface area contributed by atoms with E-state index >= 15 is 0 Å². The molecule has 1 N–H and O–H groups in total. The summed E-state index contributed by atoms with van der Waals surface area (Å²) < 4.78 is 32.8. The number of rotatable bonds is 7. The monoisotopic (exact) mass is 488 g/mol. The Morgan fingerprint density at radius 2 is 1.82 bits per heavy atom. The van der Waals surface area contributed by atoms with Gasteiger partial charge in [0.2, 0.25) is 15.9 Å². The molecule has 2 saturated heterocycles. The van der Waals surface area contributed by atoms with Gasteiger partial charge in [0.1, 0.15) is 10.6 Å². The minimum absolute atomic E-state index is 0.100. The maximum absolute atomic E-state index is 13.2. The number of amides is 1. The average molecular weight is 489 g/mol. The zero-order valence-electron chi connectivity index (χ0n) is 20.3. The van der Waals surface area contributed by atoms with Crippen molar-refractivity contribution in [1.29, 1.82) is 0 Å². The normalized spacial score (nSPS) is 20.7. The minimum Gasteiger partial charge on any atom is -0.360 e. The van der Waals surface area contributed by atoms with Gasteiger partial charge < -0.3 is 9.84 Å². The van der Waals surface area contributed by atoms with Crippen molar-refractivity contribution in [3.8, 4) is 0 Å². The molecule has 2 aliphatic rings. The summed E-state index contributed by atoms with van der Waals surface area (Å²) in [6.07, 6.45) is 6.49. The average Bonchev–Trinajstić information content (AvgIpc) is 3.00. The summed E-state index contributed by atoms with van der Waals surface area (Å²) in [5, 5.41) is 6.81. The molecule has 2 aromatic rings. The molecule has 0 aliphatic carbocycles. The Balaban J connectivity index is 1.34. The molecule has 0 radical (unpaired) electrons. The quantitative estimate of drug-likeness (QED) is 0.642. The number of nitrogens with zero attached hydrogens (tertiary/aromatic N) is 3. The fraction of sp³-hybridized carbons (Fsp3) is 0.600. The lowest BCUT2D eigenvalue weighted by molar-refractivity contribution is -0.126. The molecule has 0 spiro atoms. The maximum Gasteiger partial charge on any atom is 0.248 e. The van der Waals surface area contributed by atoms with Crippen LogP contribution in [0.3, 0.4) is 0 Å². The molecule has 3 heterocycles. The topological polar surface area (TPSA) is 95.8 Å². The number of aryl methyl sites for hydroxylation is 2. The van der Waals surface area contributed by atoms with Gasteiger partial charge in [-0.3, -0.25) is 9.69 Å². The standard InChI is InChI=1S/C25H36N4O4S/c1-19-24(20(2)33-27-19)34(31,32)29-14-8-11-23(18-29)25(30)26-16-21-9-7-10-22(15-21)17-28-12-5-3-4-6-13-28/h7,9-10,15,23H,3-6,8,11-14,16-18H2,1-2H3,(H,26,30). The van der Waals surface area contributed by atoms with E-state index in [1.54, 1.807) is 13.8 Å². The van der Waals surface area contributed by atoms with Crippen LogP contribution in [0.5, 0.6) is 0 Å². The number of aromatic nitrogens is 1. The van der Waals surface area contributed by atoms with Crippen molar-refractivity contribution < 1.29 is 17.7 Å². The third kappa shape index (κ3) is 5.87. The number of carbonyl (C=O) groups excluding carboxylic acids is 1. The van der Waals surface area contributed by atoms with Crippen LogP contribution in [-0.4, -0.2) is 54.9 Å². The van der Waals surface area contributed by atoms with Gasteiger partial charge in [-0.05, 0) is 63.7 Å². The number of likely N-dealkylation sites (tertiary alicyclic amines) is 1. The van der Waals surface area contributed by atoms with Crippen LogP contribution < -0.4 is 5.32 Å². The zero-order chi connectivity index (χ0) is 24.1. The molecular weight excluding hydrogens is 452 g/mol. The van der Waals surface area contributed by atoms with Gasteiger partial charge in [-0.1, -0.05) is 42.3 Å². The van der Waals surface area contributed by atoms with Crippen LogP contribution in [0.25, 0.3) is 0 Å². The SMILES string of the molecule is Cc1noc(C)c1S(=O)(=O)N1CCCC(C(=O)NCc2cccc(CN3CCCCCC3)c2)C1. The van der Waals surface area contributed by atoms with Crippen LogP contribution in [0.2, 0.25) is 0 Å². The molecular formula is C25H36N4O4S. The molecule has 8 nitrogen and oxygen atoms in total. The van der Waals surface area contributed by atoms with Crippen LogP contribution >= 0.6 is 0 Å². The van der Waals surface area contributed by atoms with Gasteiger partial charge in [0.25, 0.3) is 0 Å². The summed E-state index contributed by atoms with van der Waals surface area (Å²) in [7, 11) is -3.74. The first kappa shape index (κ1) is 24.9. The number of benzene rings is 1. The van der Waals surface area contributed by atoms with E-state index in [2.05, 4.69) is 27.5 Å². The molecule has 1 amide bonds. The summed E-state index contributed by atoms with van der Waals surface area (Å²) in [6.45, 7) is 7.48. The van der Waals surface area contributed by atoms with Gasteiger partial charge in [-0.15, -0.1) is 0 Å². The van der Waals surface area contributed by atoms with Crippen molar-refractivity contribution >= 4 is 15.9 Å². The summed E-state index contributed by atoms with van der Waals surface area (Å²) >= 11 is 0. The number of hydrogen-bond donors (Lipinski definition) is 1. The third-order valence-corrected chi connectivity index (χ3v) is 8.99.